The number of carbonyl (C=O) groups excluding carboxylic acids is 1. The van der Waals surface area contributed by atoms with Gasteiger partial charge in [-0.2, -0.15) is 0 Å². The topological polar surface area (TPSA) is 52.3 Å². The summed E-state index contributed by atoms with van der Waals surface area (Å²) in [6, 6.07) is 3.53. The molecule has 0 bridgehead atoms. The van der Waals surface area contributed by atoms with Gasteiger partial charge in [0.15, 0.2) is 0 Å². The van der Waals surface area contributed by atoms with Gasteiger partial charge in [0.2, 0.25) is 0 Å². The third-order valence-electron chi connectivity index (χ3n) is 1.81. The van der Waals surface area contributed by atoms with Gasteiger partial charge in [-0.15, -0.1) is 0 Å². The minimum absolute atomic E-state index is 0.355. The third-order valence-corrected chi connectivity index (χ3v) is 2.27. The maximum absolute atomic E-state index is 11.5. The fourth-order valence-electron chi connectivity index (χ4n) is 1.25. The highest BCUT2D eigenvalue weighted by atomic mass is 79.9. The lowest BCUT2D eigenvalue weighted by atomic mass is 10.1. The average Bonchev–Trinajstić information content (AvgIpc) is 2.01. The first-order valence-corrected chi connectivity index (χ1v) is 5.08. The lowest BCUT2D eigenvalue weighted by Crippen LogP contribution is -2.10. The fraction of sp³-hybridized carbons (Fsp3) is 0.300. The van der Waals surface area contributed by atoms with Gasteiger partial charge in [-0.1, -0.05) is 15.9 Å². The number of carbonyl (C=O) groups is 1. The molecule has 0 aromatic heterocycles. The Bertz CT molecular complexity index is 340. The predicted molar refractivity (Wildman–Crippen MR) is 59.2 cm³/mol. The first kappa shape index (κ1) is 11.0. The summed E-state index contributed by atoms with van der Waals surface area (Å²) in [5.74, 6) is -0.366. The largest absolute Gasteiger partial charge is 0.462 e. The molecule has 0 radical (unpaired) electrons. The molecule has 0 atom stereocenters. The van der Waals surface area contributed by atoms with Crippen LogP contribution in [-0.2, 0) is 4.74 Å². The molecule has 2 N–H and O–H groups in total. The second-order valence-electron chi connectivity index (χ2n) is 2.91. The quantitative estimate of drug-likeness (QED) is 0.655. The first-order valence-electron chi connectivity index (χ1n) is 4.29. The molecule has 0 saturated heterocycles. The van der Waals surface area contributed by atoms with Crippen LogP contribution in [0.1, 0.15) is 22.8 Å². The number of benzene rings is 1. The van der Waals surface area contributed by atoms with Crippen molar-refractivity contribution in [3.05, 3.63) is 27.7 Å². The van der Waals surface area contributed by atoms with E-state index in [2.05, 4.69) is 15.9 Å². The number of anilines is 1. The van der Waals surface area contributed by atoms with Crippen molar-refractivity contribution < 1.29 is 9.53 Å². The summed E-state index contributed by atoms with van der Waals surface area (Å²) in [5, 5.41) is 0. The Labute approximate surface area is 91.4 Å². The van der Waals surface area contributed by atoms with E-state index in [-0.39, 0.29) is 5.97 Å². The summed E-state index contributed by atoms with van der Waals surface area (Å²) in [6.07, 6.45) is 0. The van der Waals surface area contributed by atoms with Gasteiger partial charge in [0.25, 0.3) is 0 Å². The number of hydrogen-bond donors (Lipinski definition) is 1. The molecule has 0 amide bonds. The molecule has 1 aromatic carbocycles. The number of esters is 1. The van der Waals surface area contributed by atoms with Crippen LogP contribution >= 0.6 is 15.9 Å². The van der Waals surface area contributed by atoms with E-state index in [1.54, 1.807) is 13.0 Å². The molecular formula is C10H12BrNO2. The summed E-state index contributed by atoms with van der Waals surface area (Å²) in [4.78, 5) is 11.5. The third kappa shape index (κ3) is 2.26. The van der Waals surface area contributed by atoms with Crippen molar-refractivity contribution in [2.24, 2.45) is 0 Å². The van der Waals surface area contributed by atoms with Crippen LogP contribution in [0.3, 0.4) is 0 Å². The van der Waals surface area contributed by atoms with Crippen molar-refractivity contribution in [3.8, 4) is 0 Å². The highest BCUT2D eigenvalue weighted by Crippen LogP contribution is 2.23. The number of nitrogens with two attached hydrogens (primary N) is 1. The zero-order valence-corrected chi connectivity index (χ0v) is 9.72. The minimum Gasteiger partial charge on any atom is -0.462 e. The number of ether oxygens (including phenoxy) is 1. The van der Waals surface area contributed by atoms with Crippen molar-refractivity contribution in [1.82, 2.24) is 0 Å². The molecule has 1 aromatic rings. The zero-order chi connectivity index (χ0) is 10.7. The highest BCUT2D eigenvalue weighted by Gasteiger charge is 2.14. The van der Waals surface area contributed by atoms with Gasteiger partial charge in [0, 0.05) is 10.2 Å². The molecule has 14 heavy (non-hydrogen) atoms. The van der Waals surface area contributed by atoms with Crippen LogP contribution in [0.2, 0.25) is 0 Å². The molecule has 0 spiro atoms. The summed E-state index contributed by atoms with van der Waals surface area (Å²) in [7, 11) is 0. The van der Waals surface area contributed by atoms with Gasteiger partial charge in [0.1, 0.15) is 0 Å². The highest BCUT2D eigenvalue weighted by molar-refractivity contribution is 9.10. The number of nitrogen functional groups attached to an aromatic ring is 1. The van der Waals surface area contributed by atoms with E-state index in [9.17, 15) is 4.79 Å². The van der Waals surface area contributed by atoms with E-state index < -0.39 is 0 Å². The molecule has 4 heteroatoms. The number of aryl methyl sites for hydroxylation is 1. The summed E-state index contributed by atoms with van der Waals surface area (Å²) in [6.45, 7) is 3.95. The monoisotopic (exact) mass is 257 g/mol. The molecule has 0 aliphatic carbocycles. The maximum atomic E-state index is 11.5. The van der Waals surface area contributed by atoms with Crippen LogP contribution in [0.15, 0.2) is 16.6 Å². The predicted octanol–water partition coefficient (Wildman–Crippen LogP) is 2.52. The van der Waals surface area contributed by atoms with Crippen LogP contribution < -0.4 is 5.73 Å². The van der Waals surface area contributed by atoms with Gasteiger partial charge < -0.3 is 10.5 Å². The van der Waals surface area contributed by atoms with Crippen molar-refractivity contribution in [2.75, 3.05) is 12.3 Å². The van der Waals surface area contributed by atoms with Crippen molar-refractivity contribution in [3.63, 3.8) is 0 Å². The van der Waals surface area contributed by atoms with E-state index in [4.69, 9.17) is 10.5 Å². The Morgan fingerprint density at radius 1 is 1.57 bits per heavy atom. The molecule has 0 saturated carbocycles. The summed E-state index contributed by atoms with van der Waals surface area (Å²) >= 11 is 3.30. The van der Waals surface area contributed by atoms with Crippen molar-refractivity contribution in [2.45, 2.75) is 13.8 Å². The second-order valence-corrected chi connectivity index (χ2v) is 3.82. The normalized spacial score (nSPS) is 9.93. The van der Waals surface area contributed by atoms with Gasteiger partial charge in [-0.05, 0) is 31.5 Å². The summed E-state index contributed by atoms with van der Waals surface area (Å²) in [5.41, 5.74) is 7.43. The Kier molecular flexibility index (Phi) is 3.52. The lowest BCUT2D eigenvalue weighted by molar-refractivity contribution is 0.0527. The van der Waals surface area contributed by atoms with Crippen molar-refractivity contribution in [1.29, 1.82) is 0 Å². The molecule has 0 unspecified atom stereocenters. The maximum Gasteiger partial charge on any atom is 0.340 e. The molecule has 0 fully saturated rings. The lowest BCUT2D eigenvalue weighted by Gasteiger charge is -2.08. The fourth-order valence-corrected chi connectivity index (χ4v) is 1.84. The number of halogens is 1. The van der Waals surface area contributed by atoms with Crippen molar-refractivity contribution >= 4 is 27.6 Å². The van der Waals surface area contributed by atoms with Gasteiger partial charge in [-0.3, -0.25) is 0 Å². The Hall–Kier alpha value is -1.03. The number of hydrogen-bond acceptors (Lipinski definition) is 3. The Balaban J connectivity index is 3.14. The van der Waals surface area contributed by atoms with Crippen LogP contribution in [0.4, 0.5) is 5.69 Å². The van der Waals surface area contributed by atoms with Crippen LogP contribution in [0, 0.1) is 6.92 Å². The molecule has 0 heterocycles. The van der Waals surface area contributed by atoms with E-state index in [1.165, 1.54) is 0 Å². The van der Waals surface area contributed by atoms with E-state index in [0.717, 1.165) is 10.0 Å². The van der Waals surface area contributed by atoms with Gasteiger partial charge in [0.05, 0.1) is 12.2 Å². The van der Waals surface area contributed by atoms with Gasteiger partial charge >= 0.3 is 5.97 Å². The number of rotatable bonds is 2. The van der Waals surface area contributed by atoms with E-state index in [0.29, 0.717) is 17.9 Å². The van der Waals surface area contributed by atoms with E-state index in [1.807, 2.05) is 13.0 Å². The zero-order valence-electron chi connectivity index (χ0n) is 8.13. The van der Waals surface area contributed by atoms with Crippen LogP contribution in [0.5, 0.6) is 0 Å². The van der Waals surface area contributed by atoms with Gasteiger partial charge in [-0.25, -0.2) is 4.79 Å². The summed E-state index contributed by atoms with van der Waals surface area (Å²) < 4.78 is 5.76. The smallest absolute Gasteiger partial charge is 0.340 e. The SMILES string of the molecule is CCOC(=O)c1c(C)cc(Br)cc1N. The standard InChI is InChI=1S/C10H12BrNO2/c1-3-14-10(13)9-6(2)4-7(11)5-8(9)12/h4-5H,3,12H2,1-2H3. The molecular weight excluding hydrogens is 246 g/mol. The molecule has 76 valence electrons. The average molecular weight is 258 g/mol. The van der Waals surface area contributed by atoms with Crippen LogP contribution in [-0.4, -0.2) is 12.6 Å². The molecule has 3 nitrogen and oxygen atoms in total. The van der Waals surface area contributed by atoms with E-state index >= 15 is 0 Å². The Morgan fingerprint density at radius 2 is 2.21 bits per heavy atom. The second kappa shape index (κ2) is 4.46. The van der Waals surface area contributed by atoms with Crippen LogP contribution in [0.25, 0.3) is 0 Å². The first-order chi connectivity index (χ1) is 6.56. The molecule has 0 aliphatic heterocycles. The minimum atomic E-state index is -0.366. The molecule has 1 rings (SSSR count). The molecule has 0 aliphatic rings. The Morgan fingerprint density at radius 3 is 2.71 bits per heavy atom.